The Bertz CT molecular complexity index is 1950. The third-order valence-electron chi connectivity index (χ3n) is 9.37. The van der Waals surface area contributed by atoms with Crippen LogP contribution in [0.4, 0.5) is 4.79 Å². The predicted molar refractivity (Wildman–Crippen MR) is 204 cm³/mol. The Kier molecular flexibility index (Phi) is 12.3. The first-order valence-electron chi connectivity index (χ1n) is 18.0. The fraction of sp³-hybridized carbons (Fsp3) is 0.513. The SMILES string of the molecule is CCn1c(-c2cccnc2C(C)OC)c(CC(C)(C)CO)c2cc(-c3csc(CC(NC(=O)OC(C)(C)C)C(=O)N4CCC[C@@H](C(=O)O)N4)n3)ccc21. The van der Waals surface area contributed by atoms with Gasteiger partial charge >= 0.3 is 12.1 Å². The van der Waals surface area contributed by atoms with Crippen molar-refractivity contribution in [3.05, 3.63) is 58.2 Å². The standard InChI is InChI=1S/C39H52N6O7S/c1-9-44-31-15-14-24(18-26(31)27(20-39(6,7)22-46)34(44)25-12-10-16-40-33(25)23(2)51-8)30-21-53-32(41-30)19-29(42-37(50)52-38(3,4)5)35(47)45-17-11-13-28(43-45)36(48)49/h10,12,14-16,18,21,23,28-29,43,46H,9,11,13,17,19-20,22H2,1-8H3,(H,42,50)(H,48,49)/t23?,28-,29?/m0/s1. The number of ether oxygens (including phenoxy) is 2. The minimum Gasteiger partial charge on any atom is -0.480 e. The highest BCUT2D eigenvalue weighted by Crippen LogP contribution is 2.41. The highest BCUT2D eigenvalue weighted by Gasteiger charge is 2.34. The minimum atomic E-state index is -1.05. The van der Waals surface area contributed by atoms with Gasteiger partial charge in [-0.05, 0) is 89.1 Å². The Morgan fingerprint density at radius 2 is 1.92 bits per heavy atom. The number of aliphatic carboxylic acids is 1. The Balaban J connectivity index is 1.54. The van der Waals surface area contributed by atoms with E-state index in [0.717, 1.165) is 39.0 Å². The molecule has 53 heavy (non-hydrogen) atoms. The van der Waals surface area contributed by atoms with Crippen molar-refractivity contribution in [3.8, 4) is 22.5 Å². The molecule has 286 valence electrons. The molecule has 2 amide bonds. The number of hydrogen-bond acceptors (Lipinski definition) is 10. The van der Waals surface area contributed by atoms with E-state index in [4.69, 9.17) is 19.4 Å². The predicted octanol–water partition coefficient (Wildman–Crippen LogP) is 6.13. The molecule has 3 atom stereocenters. The third kappa shape index (κ3) is 9.23. The molecule has 5 rings (SSSR count). The van der Waals surface area contributed by atoms with Gasteiger partial charge in [0.05, 0.1) is 28.2 Å². The molecule has 0 radical (unpaired) electrons. The summed E-state index contributed by atoms with van der Waals surface area (Å²) in [6.45, 7) is 14.4. The number of carbonyl (C=O) groups is 3. The fourth-order valence-electron chi connectivity index (χ4n) is 6.66. The van der Waals surface area contributed by atoms with E-state index in [1.54, 1.807) is 34.1 Å². The van der Waals surface area contributed by atoms with Crippen LogP contribution >= 0.6 is 11.3 Å². The summed E-state index contributed by atoms with van der Waals surface area (Å²) in [6, 6.07) is 8.32. The number of hydrazine groups is 1. The molecule has 1 aliphatic heterocycles. The number of benzene rings is 1. The molecule has 4 aromatic rings. The lowest BCUT2D eigenvalue weighted by molar-refractivity contribution is -0.147. The molecule has 1 saturated heterocycles. The Labute approximate surface area is 314 Å². The molecule has 0 spiro atoms. The van der Waals surface area contributed by atoms with Crippen molar-refractivity contribution in [2.45, 2.75) is 104 Å². The minimum absolute atomic E-state index is 0.00980. The van der Waals surface area contributed by atoms with E-state index in [-0.39, 0.29) is 19.1 Å². The van der Waals surface area contributed by atoms with Crippen LogP contribution in [0, 0.1) is 5.41 Å². The van der Waals surface area contributed by atoms with Crippen molar-refractivity contribution in [1.29, 1.82) is 0 Å². The second-order valence-electron chi connectivity index (χ2n) is 15.3. The molecular formula is C39H52N6O7S. The van der Waals surface area contributed by atoms with Gasteiger partial charge in [-0.15, -0.1) is 11.3 Å². The van der Waals surface area contributed by atoms with Crippen molar-refractivity contribution in [2.75, 3.05) is 20.3 Å². The topological polar surface area (TPSA) is 168 Å². The smallest absolute Gasteiger partial charge is 0.408 e. The van der Waals surface area contributed by atoms with Gasteiger partial charge < -0.3 is 29.6 Å². The monoisotopic (exact) mass is 748 g/mol. The van der Waals surface area contributed by atoms with Crippen LogP contribution in [-0.2, 0) is 38.4 Å². The number of thiazole rings is 1. The van der Waals surface area contributed by atoms with Crippen molar-refractivity contribution in [3.63, 3.8) is 0 Å². The number of nitrogens with zero attached hydrogens (tertiary/aromatic N) is 4. The molecule has 4 N–H and O–H groups in total. The number of methoxy groups -OCH3 is 1. The van der Waals surface area contributed by atoms with Gasteiger partial charge in [-0.25, -0.2) is 15.2 Å². The van der Waals surface area contributed by atoms with Gasteiger partial charge in [-0.3, -0.25) is 19.6 Å². The van der Waals surface area contributed by atoms with Crippen molar-refractivity contribution >= 4 is 40.2 Å². The molecule has 3 aromatic heterocycles. The van der Waals surface area contributed by atoms with Gasteiger partial charge in [0.1, 0.15) is 17.7 Å². The molecular weight excluding hydrogens is 697 g/mol. The highest BCUT2D eigenvalue weighted by molar-refractivity contribution is 7.10. The summed E-state index contributed by atoms with van der Waals surface area (Å²) >= 11 is 1.37. The maximum absolute atomic E-state index is 13.8. The van der Waals surface area contributed by atoms with E-state index in [1.165, 1.54) is 16.3 Å². The lowest BCUT2D eigenvalue weighted by atomic mass is 9.84. The van der Waals surface area contributed by atoms with Gasteiger partial charge in [0.2, 0.25) is 0 Å². The molecule has 13 nitrogen and oxygen atoms in total. The number of aliphatic hydroxyl groups is 1. The van der Waals surface area contributed by atoms with Crippen LogP contribution in [0.2, 0.25) is 0 Å². The number of aryl methyl sites for hydroxylation is 1. The van der Waals surface area contributed by atoms with Crippen LogP contribution in [0.3, 0.4) is 0 Å². The molecule has 4 heterocycles. The van der Waals surface area contributed by atoms with Crippen LogP contribution in [0.5, 0.6) is 0 Å². The number of carbonyl (C=O) groups excluding carboxylic acids is 2. The molecule has 0 aliphatic carbocycles. The normalized spacial score (nSPS) is 16.4. The second-order valence-corrected chi connectivity index (χ2v) is 16.2. The maximum Gasteiger partial charge on any atom is 0.408 e. The van der Waals surface area contributed by atoms with Crippen LogP contribution < -0.4 is 10.7 Å². The molecule has 1 fully saturated rings. The molecule has 2 unspecified atom stereocenters. The lowest BCUT2D eigenvalue weighted by Crippen LogP contribution is -2.60. The first-order valence-corrected chi connectivity index (χ1v) is 18.9. The number of carboxylic acids is 1. The number of amides is 2. The highest BCUT2D eigenvalue weighted by atomic mass is 32.1. The van der Waals surface area contributed by atoms with Gasteiger partial charge in [0, 0.05) is 66.8 Å². The summed E-state index contributed by atoms with van der Waals surface area (Å²) in [7, 11) is 1.67. The van der Waals surface area contributed by atoms with Gasteiger partial charge in [-0.1, -0.05) is 19.9 Å². The van der Waals surface area contributed by atoms with Crippen molar-refractivity contribution in [1.82, 2.24) is 30.3 Å². The largest absolute Gasteiger partial charge is 0.480 e. The number of carboxylic acid groups (broad SMARTS) is 1. The Hall–Kier alpha value is -4.37. The Morgan fingerprint density at radius 1 is 1.17 bits per heavy atom. The van der Waals surface area contributed by atoms with Crippen LogP contribution in [-0.4, -0.2) is 85.7 Å². The van der Waals surface area contributed by atoms with E-state index in [2.05, 4.69) is 54.3 Å². The summed E-state index contributed by atoms with van der Waals surface area (Å²) in [4.78, 5) is 48.0. The van der Waals surface area contributed by atoms with E-state index >= 15 is 0 Å². The number of aromatic nitrogens is 3. The van der Waals surface area contributed by atoms with Crippen LogP contribution in [0.1, 0.15) is 83.7 Å². The number of fused-ring (bicyclic) bond motifs is 1. The number of nitrogens with one attached hydrogen (secondary N) is 2. The van der Waals surface area contributed by atoms with E-state index < -0.39 is 41.1 Å². The zero-order chi connectivity index (χ0) is 38.7. The zero-order valence-electron chi connectivity index (χ0n) is 31.9. The average Bonchev–Trinajstić information content (AvgIpc) is 3.71. The number of pyridine rings is 1. The van der Waals surface area contributed by atoms with E-state index in [9.17, 15) is 24.6 Å². The van der Waals surface area contributed by atoms with Crippen LogP contribution in [0.15, 0.2) is 41.9 Å². The Morgan fingerprint density at radius 3 is 2.58 bits per heavy atom. The van der Waals surface area contributed by atoms with Gasteiger partial charge in [-0.2, -0.15) is 0 Å². The van der Waals surface area contributed by atoms with Crippen LogP contribution in [0.25, 0.3) is 33.4 Å². The lowest BCUT2D eigenvalue weighted by Gasteiger charge is -2.34. The zero-order valence-corrected chi connectivity index (χ0v) is 32.7. The maximum atomic E-state index is 13.8. The summed E-state index contributed by atoms with van der Waals surface area (Å²) in [5, 5.41) is 27.5. The number of aliphatic hydroxyl groups excluding tert-OH is 1. The molecule has 14 heteroatoms. The van der Waals surface area contributed by atoms with Crippen molar-refractivity contribution in [2.24, 2.45) is 5.41 Å². The average molecular weight is 749 g/mol. The molecule has 0 saturated carbocycles. The van der Waals surface area contributed by atoms with E-state index in [1.807, 2.05) is 24.4 Å². The first-order chi connectivity index (χ1) is 25.1. The van der Waals surface area contributed by atoms with Gasteiger partial charge in [0.15, 0.2) is 0 Å². The second kappa shape index (κ2) is 16.3. The number of hydrogen-bond donors (Lipinski definition) is 4. The summed E-state index contributed by atoms with van der Waals surface area (Å²) in [5.41, 5.74) is 8.19. The summed E-state index contributed by atoms with van der Waals surface area (Å²) < 4.78 is 13.5. The van der Waals surface area contributed by atoms with Gasteiger partial charge in [0.25, 0.3) is 5.91 Å². The summed E-state index contributed by atoms with van der Waals surface area (Å²) in [5.74, 6) is -1.52. The molecule has 0 bridgehead atoms. The van der Waals surface area contributed by atoms with E-state index in [0.29, 0.717) is 43.1 Å². The first kappa shape index (κ1) is 39.8. The third-order valence-corrected chi connectivity index (χ3v) is 10.2. The van der Waals surface area contributed by atoms with Crippen molar-refractivity contribution < 1.29 is 34.1 Å². The number of alkyl carbamates (subject to hydrolysis) is 1. The fourth-order valence-corrected chi connectivity index (χ4v) is 7.51. The molecule has 1 aromatic carbocycles. The molecule has 1 aliphatic rings. The summed E-state index contributed by atoms with van der Waals surface area (Å²) in [6.07, 6.45) is 2.37. The number of rotatable bonds is 13. The quantitative estimate of drug-likeness (QED) is 0.125.